The van der Waals surface area contributed by atoms with E-state index in [4.69, 9.17) is 4.74 Å². The molecule has 3 aromatic carbocycles. The highest BCUT2D eigenvalue weighted by Crippen LogP contribution is 2.38. The highest BCUT2D eigenvalue weighted by molar-refractivity contribution is 8.00. The van der Waals surface area contributed by atoms with Crippen molar-refractivity contribution >= 4 is 45.7 Å². The predicted molar refractivity (Wildman–Crippen MR) is 148 cm³/mol. The topological polar surface area (TPSA) is 80.3 Å². The zero-order valence-corrected chi connectivity index (χ0v) is 21.7. The molecule has 1 heterocycles. The molecule has 1 atom stereocenters. The Bertz CT molecular complexity index is 1310. The number of ether oxygens (including phenoxy) is 1. The predicted octanol–water partition coefficient (Wildman–Crippen LogP) is 7.03. The number of methoxy groups -OCH3 is 1. The summed E-state index contributed by atoms with van der Waals surface area (Å²) in [5.74, 6) is 0.565. The van der Waals surface area contributed by atoms with Crippen molar-refractivity contribution in [3.05, 3.63) is 89.8 Å². The van der Waals surface area contributed by atoms with Crippen LogP contribution in [-0.4, -0.2) is 23.9 Å². The lowest BCUT2D eigenvalue weighted by Crippen LogP contribution is -2.19. The van der Waals surface area contributed by atoms with Gasteiger partial charge in [0.05, 0.1) is 12.8 Å². The van der Waals surface area contributed by atoms with Crippen LogP contribution in [0.1, 0.15) is 30.6 Å². The third-order valence-corrected chi connectivity index (χ3v) is 7.35. The summed E-state index contributed by atoms with van der Waals surface area (Å²) in [5.41, 5.74) is 3.25. The van der Waals surface area contributed by atoms with E-state index in [1.807, 2.05) is 91.2 Å². The number of hydrogen-bond acceptors (Lipinski definition) is 6. The molecule has 0 saturated carbocycles. The maximum Gasteiger partial charge on any atom is 0.244 e. The minimum absolute atomic E-state index is 0.00428. The molecule has 0 radical (unpaired) electrons. The maximum absolute atomic E-state index is 13.4. The van der Waals surface area contributed by atoms with Crippen LogP contribution in [0.4, 0.5) is 10.8 Å². The second-order valence-corrected chi connectivity index (χ2v) is 10.00. The van der Waals surface area contributed by atoms with E-state index in [1.165, 1.54) is 23.1 Å². The molecule has 4 aromatic rings. The first-order valence-corrected chi connectivity index (χ1v) is 13.3. The lowest BCUT2D eigenvalue weighted by Gasteiger charge is -2.16. The third-order valence-electron chi connectivity index (χ3n) is 5.33. The van der Waals surface area contributed by atoms with Crippen LogP contribution >= 0.6 is 23.1 Å². The number of carbonyl (C=O) groups is 2. The van der Waals surface area contributed by atoms with Gasteiger partial charge in [0, 0.05) is 27.9 Å². The van der Waals surface area contributed by atoms with E-state index in [1.54, 1.807) is 7.11 Å². The van der Waals surface area contributed by atoms with Crippen molar-refractivity contribution in [3.63, 3.8) is 0 Å². The summed E-state index contributed by atoms with van der Waals surface area (Å²) < 4.78 is 5.44. The third kappa shape index (κ3) is 6.53. The second kappa shape index (κ2) is 12.4. The van der Waals surface area contributed by atoms with Gasteiger partial charge in [-0.2, -0.15) is 0 Å². The second-order valence-electron chi connectivity index (χ2n) is 7.96. The number of aromatic nitrogens is 1. The largest absolute Gasteiger partial charge is 0.496 e. The van der Waals surface area contributed by atoms with Crippen molar-refractivity contribution in [1.82, 2.24) is 4.98 Å². The molecule has 1 unspecified atom stereocenters. The molecule has 1 aromatic heterocycles. The first-order chi connectivity index (χ1) is 17.6. The van der Waals surface area contributed by atoms with E-state index in [9.17, 15) is 9.59 Å². The lowest BCUT2D eigenvalue weighted by molar-refractivity contribution is -0.116. The SMILES string of the molecule is CCCC(=O)Nc1ccc(SC(C(=O)Nc2nc(-c3ccccc3OC)cs2)c2ccccc2)cc1. The molecular formula is C28H27N3O3S2. The Hall–Kier alpha value is -3.62. The monoisotopic (exact) mass is 517 g/mol. The number of carbonyl (C=O) groups excluding carboxylic acids is 2. The number of thiazole rings is 1. The summed E-state index contributed by atoms with van der Waals surface area (Å²) in [6.07, 6.45) is 1.29. The normalized spacial score (nSPS) is 11.5. The fourth-order valence-corrected chi connectivity index (χ4v) is 5.32. The summed E-state index contributed by atoms with van der Waals surface area (Å²) >= 11 is 2.82. The smallest absolute Gasteiger partial charge is 0.244 e. The van der Waals surface area contributed by atoms with Gasteiger partial charge in [0.2, 0.25) is 11.8 Å². The number of hydrogen-bond donors (Lipinski definition) is 2. The number of benzene rings is 3. The summed E-state index contributed by atoms with van der Waals surface area (Å²) in [6.45, 7) is 1.97. The molecular weight excluding hydrogens is 490 g/mol. The average Bonchev–Trinajstić information content (AvgIpc) is 3.37. The summed E-state index contributed by atoms with van der Waals surface area (Å²) in [6, 6.07) is 24.9. The molecule has 4 rings (SSSR count). The molecule has 36 heavy (non-hydrogen) atoms. The van der Waals surface area contributed by atoms with E-state index in [0.29, 0.717) is 11.6 Å². The van der Waals surface area contributed by atoms with Gasteiger partial charge in [0.1, 0.15) is 11.0 Å². The van der Waals surface area contributed by atoms with Gasteiger partial charge < -0.3 is 15.4 Å². The molecule has 0 spiro atoms. The van der Waals surface area contributed by atoms with Crippen LogP contribution in [-0.2, 0) is 9.59 Å². The highest BCUT2D eigenvalue weighted by atomic mass is 32.2. The zero-order chi connectivity index (χ0) is 25.3. The Labute approximate surface area is 219 Å². The van der Waals surface area contributed by atoms with Crippen molar-refractivity contribution in [2.24, 2.45) is 0 Å². The molecule has 184 valence electrons. The summed E-state index contributed by atoms with van der Waals surface area (Å²) in [5, 5.41) is 7.83. The summed E-state index contributed by atoms with van der Waals surface area (Å²) in [4.78, 5) is 30.8. The number of nitrogens with one attached hydrogen (secondary N) is 2. The van der Waals surface area contributed by atoms with Crippen molar-refractivity contribution < 1.29 is 14.3 Å². The molecule has 8 heteroatoms. The number of anilines is 2. The maximum atomic E-state index is 13.4. The average molecular weight is 518 g/mol. The van der Waals surface area contributed by atoms with Crippen LogP contribution in [0.15, 0.2) is 89.1 Å². The number of thioether (sulfide) groups is 1. The Balaban J connectivity index is 1.51. The molecule has 0 bridgehead atoms. The van der Waals surface area contributed by atoms with E-state index in [0.717, 1.165) is 39.6 Å². The van der Waals surface area contributed by atoms with Gasteiger partial charge in [-0.1, -0.05) is 49.4 Å². The van der Waals surface area contributed by atoms with Gasteiger partial charge in [-0.25, -0.2) is 4.98 Å². The van der Waals surface area contributed by atoms with Crippen LogP contribution in [0.2, 0.25) is 0 Å². The van der Waals surface area contributed by atoms with Crippen LogP contribution < -0.4 is 15.4 Å². The molecule has 2 amide bonds. The van der Waals surface area contributed by atoms with Crippen molar-refractivity contribution in [1.29, 1.82) is 0 Å². The van der Waals surface area contributed by atoms with E-state index in [-0.39, 0.29) is 11.8 Å². The fraction of sp³-hybridized carbons (Fsp3) is 0.179. The molecule has 6 nitrogen and oxygen atoms in total. The van der Waals surface area contributed by atoms with Gasteiger partial charge in [-0.3, -0.25) is 9.59 Å². The molecule has 0 aliphatic heterocycles. The van der Waals surface area contributed by atoms with Gasteiger partial charge >= 0.3 is 0 Å². The van der Waals surface area contributed by atoms with Crippen molar-refractivity contribution in [3.8, 4) is 17.0 Å². The van der Waals surface area contributed by atoms with Crippen LogP contribution in [0.5, 0.6) is 5.75 Å². The van der Waals surface area contributed by atoms with Crippen LogP contribution in [0.3, 0.4) is 0 Å². The van der Waals surface area contributed by atoms with E-state index >= 15 is 0 Å². The first-order valence-electron chi connectivity index (χ1n) is 11.6. The van der Waals surface area contributed by atoms with Crippen LogP contribution in [0.25, 0.3) is 11.3 Å². The van der Waals surface area contributed by atoms with Gasteiger partial charge in [0.15, 0.2) is 5.13 Å². The first kappa shape index (κ1) is 25.5. The fourth-order valence-electron chi connectivity index (χ4n) is 3.59. The quantitative estimate of drug-likeness (QED) is 0.221. The summed E-state index contributed by atoms with van der Waals surface area (Å²) in [7, 11) is 1.63. The Morgan fingerprint density at radius 1 is 0.972 bits per heavy atom. The minimum atomic E-state index is -0.481. The van der Waals surface area contributed by atoms with Crippen molar-refractivity contribution in [2.75, 3.05) is 17.7 Å². The molecule has 0 aliphatic rings. The van der Waals surface area contributed by atoms with Gasteiger partial charge in [-0.05, 0) is 48.4 Å². The van der Waals surface area contributed by atoms with E-state index in [2.05, 4.69) is 15.6 Å². The Morgan fingerprint density at radius 3 is 2.42 bits per heavy atom. The van der Waals surface area contributed by atoms with Gasteiger partial charge in [0.25, 0.3) is 0 Å². The number of amides is 2. The highest BCUT2D eigenvalue weighted by Gasteiger charge is 2.23. The minimum Gasteiger partial charge on any atom is -0.496 e. The van der Waals surface area contributed by atoms with Gasteiger partial charge in [-0.15, -0.1) is 23.1 Å². The Morgan fingerprint density at radius 2 is 1.69 bits per heavy atom. The standard InChI is InChI=1S/C28H27N3O3S2/c1-3-9-25(32)29-20-14-16-21(17-15-20)36-26(19-10-5-4-6-11-19)27(33)31-28-30-23(18-35-28)22-12-7-8-13-24(22)34-2/h4-8,10-18,26H,3,9H2,1-2H3,(H,29,32)(H,30,31,33). The zero-order valence-electron chi connectivity index (χ0n) is 20.1. The van der Waals surface area contributed by atoms with Crippen LogP contribution in [0, 0.1) is 0 Å². The number of para-hydroxylation sites is 1. The Kier molecular flexibility index (Phi) is 8.76. The molecule has 0 fully saturated rings. The van der Waals surface area contributed by atoms with E-state index < -0.39 is 5.25 Å². The number of rotatable bonds is 10. The molecule has 0 saturated heterocycles. The molecule has 0 aliphatic carbocycles. The lowest BCUT2D eigenvalue weighted by atomic mass is 10.1. The van der Waals surface area contributed by atoms with Crippen molar-refractivity contribution in [2.45, 2.75) is 29.9 Å². The molecule has 2 N–H and O–H groups in total. The number of nitrogens with zero attached hydrogens (tertiary/aromatic N) is 1.